The summed E-state index contributed by atoms with van der Waals surface area (Å²) >= 11 is 0. The maximum absolute atomic E-state index is 12.4. The molecule has 0 bridgehead atoms. The monoisotopic (exact) mass is 349 g/mol. The molecule has 2 rings (SSSR count). The Kier molecular flexibility index (Phi) is 6.70. The van der Waals surface area contributed by atoms with Crippen LogP contribution in [0.2, 0.25) is 0 Å². The lowest BCUT2D eigenvalue weighted by Gasteiger charge is -2.32. The van der Waals surface area contributed by atoms with E-state index in [1.807, 2.05) is 0 Å². The number of benzene rings is 1. The first-order chi connectivity index (χ1) is 12.0. The van der Waals surface area contributed by atoms with Gasteiger partial charge in [0.1, 0.15) is 5.69 Å². The number of rotatable bonds is 7. The number of piperidine rings is 1. The number of hydrogen-bond donors (Lipinski definition) is 3. The van der Waals surface area contributed by atoms with Crippen LogP contribution in [0.25, 0.3) is 0 Å². The molecule has 1 atom stereocenters. The molecule has 0 aliphatic carbocycles. The van der Waals surface area contributed by atoms with Crippen LogP contribution < -0.4 is 16.4 Å². The maximum atomic E-state index is 12.4. The van der Waals surface area contributed by atoms with Gasteiger partial charge in [-0.15, -0.1) is 0 Å². The van der Waals surface area contributed by atoms with Gasteiger partial charge in [-0.25, -0.2) is 0 Å². The fourth-order valence-electron chi connectivity index (χ4n) is 2.82. The van der Waals surface area contributed by atoms with Crippen LogP contribution in [0.1, 0.15) is 12.8 Å². The average molecular weight is 349 g/mol. The van der Waals surface area contributed by atoms with Gasteiger partial charge < -0.3 is 21.3 Å². The number of para-hydroxylation sites is 2. The van der Waals surface area contributed by atoms with Crippen LogP contribution in [0.15, 0.2) is 24.3 Å². The topological polar surface area (TPSA) is 131 Å². The molecule has 2 amide bonds. The van der Waals surface area contributed by atoms with E-state index in [9.17, 15) is 19.7 Å². The van der Waals surface area contributed by atoms with Crippen molar-refractivity contribution in [2.75, 3.05) is 38.0 Å². The molecular formula is C16H23N5O4. The number of nitro benzene ring substituents is 1. The highest BCUT2D eigenvalue weighted by Gasteiger charge is 2.28. The van der Waals surface area contributed by atoms with E-state index < -0.39 is 4.92 Å². The molecular weight excluding hydrogens is 326 g/mol. The van der Waals surface area contributed by atoms with E-state index in [1.165, 1.54) is 6.07 Å². The molecule has 9 nitrogen and oxygen atoms in total. The van der Waals surface area contributed by atoms with Crippen molar-refractivity contribution < 1.29 is 14.5 Å². The maximum Gasteiger partial charge on any atom is 0.292 e. The first kappa shape index (κ1) is 18.7. The van der Waals surface area contributed by atoms with E-state index in [2.05, 4.69) is 10.6 Å². The Morgan fingerprint density at radius 3 is 2.84 bits per heavy atom. The highest BCUT2D eigenvalue weighted by atomic mass is 16.6. The predicted octanol–water partition coefficient (Wildman–Crippen LogP) is 0.320. The number of amides is 2. The standard InChI is InChI=1S/C16H23N5O4/c17-7-8-18-16(23)12-4-3-9-20(11-12)15(22)10-19-13-5-1-2-6-14(13)21(24)25/h1-2,5-6,12,19H,3-4,7-11,17H2,(H,18,23). The number of nitrogens with one attached hydrogen (secondary N) is 2. The van der Waals surface area contributed by atoms with Crippen LogP contribution in [0.5, 0.6) is 0 Å². The summed E-state index contributed by atoms with van der Waals surface area (Å²) in [6.45, 7) is 1.68. The summed E-state index contributed by atoms with van der Waals surface area (Å²) in [6.07, 6.45) is 1.48. The van der Waals surface area contributed by atoms with Crippen LogP contribution in [0.4, 0.5) is 11.4 Å². The fourth-order valence-corrected chi connectivity index (χ4v) is 2.82. The Hall–Kier alpha value is -2.68. The van der Waals surface area contributed by atoms with Gasteiger partial charge in [0.15, 0.2) is 0 Å². The van der Waals surface area contributed by atoms with E-state index in [0.29, 0.717) is 31.9 Å². The molecule has 1 aromatic rings. The number of anilines is 1. The van der Waals surface area contributed by atoms with E-state index in [-0.39, 0.29) is 30.0 Å². The molecule has 1 heterocycles. The fraction of sp³-hybridized carbons (Fsp3) is 0.500. The minimum atomic E-state index is -0.495. The average Bonchev–Trinajstić information content (AvgIpc) is 2.64. The molecule has 136 valence electrons. The number of hydrogen-bond acceptors (Lipinski definition) is 6. The molecule has 9 heteroatoms. The Bertz CT molecular complexity index is 637. The quantitative estimate of drug-likeness (QED) is 0.480. The second-order valence-corrected chi connectivity index (χ2v) is 5.89. The van der Waals surface area contributed by atoms with Crippen molar-refractivity contribution in [3.63, 3.8) is 0 Å². The van der Waals surface area contributed by atoms with Gasteiger partial charge in [0.05, 0.1) is 17.4 Å². The van der Waals surface area contributed by atoms with Gasteiger partial charge in [-0.3, -0.25) is 19.7 Å². The third-order valence-electron chi connectivity index (χ3n) is 4.12. The van der Waals surface area contributed by atoms with Crippen molar-refractivity contribution in [2.45, 2.75) is 12.8 Å². The summed E-state index contributed by atoms with van der Waals surface area (Å²) in [4.78, 5) is 36.5. The lowest BCUT2D eigenvalue weighted by atomic mass is 9.97. The molecule has 1 aliphatic rings. The largest absolute Gasteiger partial charge is 0.371 e. The first-order valence-corrected chi connectivity index (χ1v) is 8.25. The van der Waals surface area contributed by atoms with Gasteiger partial charge in [-0.1, -0.05) is 12.1 Å². The molecule has 0 aromatic heterocycles. The summed E-state index contributed by atoms with van der Waals surface area (Å²) in [6, 6.07) is 6.18. The van der Waals surface area contributed by atoms with Crippen LogP contribution in [0.3, 0.4) is 0 Å². The lowest BCUT2D eigenvalue weighted by Crippen LogP contribution is -2.47. The van der Waals surface area contributed by atoms with Gasteiger partial charge in [0.2, 0.25) is 11.8 Å². The van der Waals surface area contributed by atoms with Crippen LogP contribution in [0, 0.1) is 16.0 Å². The first-order valence-electron chi connectivity index (χ1n) is 8.25. The number of carbonyl (C=O) groups excluding carboxylic acids is 2. The molecule has 1 saturated heterocycles. The highest BCUT2D eigenvalue weighted by Crippen LogP contribution is 2.23. The highest BCUT2D eigenvalue weighted by molar-refractivity contribution is 5.84. The van der Waals surface area contributed by atoms with E-state index in [0.717, 1.165) is 12.8 Å². The molecule has 1 unspecified atom stereocenters. The zero-order valence-electron chi connectivity index (χ0n) is 13.9. The van der Waals surface area contributed by atoms with Gasteiger partial charge in [-0.2, -0.15) is 0 Å². The molecule has 1 fully saturated rings. The number of carbonyl (C=O) groups is 2. The van der Waals surface area contributed by atoms with Crippen molar-refractivity contribution >= 4 is 23.2 Å². The molecule has 25 heavy (non-hydrogen) atoms. The molecule has 1 aliphatic heterocycles. The van der Waals surface area contributed by atoms with Gasteiger partial charge in [0, 0.05) is 32.2 Å². The number of nitrogens with zero attached hydrogens (tertiary/aromatic N) is 2. The van der Waals surface area contributed by atoms with E-state index in [1.54, 1.807) is 23.1 Å². The normalized spacial score (nSPS) is 17.0. The van der Waals surface area contributed by atoms with Crippen LogP contribution >= 0.6 is 0 Å². The van der Waals surface area contributed by atoms with Crippen molar-refractivity contribution in [3.05, 3.63) is 34.4 Å². The summed E-state index contributed by atoms with van der Waals surface area (Å²) in [7, 11) is 0. The van der Waals surface area contributed by atoms with E-state index >= 15 is 0 Å². The Morgan fingerprint density at radius 2 is 2.12 bits per heavy atom. The third kappa shape index (κ3) is 5.15. The zero-order chi connectivity index (χ0) is 18.2. The van der Waals surface area contributed by atoms with Crippen molar-refractivity contribution in [3.8, 4) is 0 Å². The lowest BCUT2D eigenvalue weighted by molar-refractivity contribution is -0.383. The van der Waals surface area contributed by atoms with Crippen LogP contribution in [-0.2, 0) is 9.59 Å². The summed E-state index contributed by atoms with van der Waals surface area (Å²) in [5.74, 6) is -0.514. The Morgan fingerprint density at radius 1 is 1.36 bits per heavy atom. The van der Waals surface area contributed by atoms with Crippen molar-refractivity contribution in [1.29, 1.82) is 0 Å². The minimum absolute atomic E-state index is 0.0536. The molecule has 4 N–H and O–H groups in total. The molecule has 0 saturated carbocycles. The molecule has 1 aromatic carbocycles. The number of nitro groups is 1. The SMILES string of the molecule is NCCNC(=O)C1CCCN(C(=O)CNc2ccccc2[N+](=O)[O-])C1. The van der Waals surface area contributed by atoms with Gasteiger partial charge in [0.25, 0.3) is 5.69 Å². The minimum Gasteiger partial charge on any atom is -0.371 e. The van der Waals surface area contributed by atoms with Gasteiger partial charge >= 0.3 is 0 Å². The number of likely N-dealkylation sites (tertiary alicyclic amines) is 1. The molecule has 0 radical (unpaired) electrons. The van der Waals surface area contributed by atoms with E-state index in [4.69, 9.17) is 5.73 Å². The Balaban J connectivity index is 1.90. The smallest absolute Gasteiger partial charge is 0.292 e. The van der Waals surface area contributed by atoms with Crippen molar-refractivity contribution in [1.82, 2.24) is 10.2 Å². The second-order valence-electron chi connectivity index (χ2n) is 5.89. The van der Waals surface area contributed by atoms with Crippen molar-refractivity contribution in [2.24, 2.45) is 11.7 Å². The zero-order valence-corrected chi connectivity index (χ0v) is 13.9. The Labute approximate surface area is 145 Å². The predicted molar refractivity (Wildman–Crippen MR) is 93.0 cm³/mol. The van der Waals surface area contributed by atoms with Crippen LogP contribution in [-0.4, -0.2) is 54.4 Å². The number of nitrogens with two attached hydrogens (primary N) is 1. The summed E-state index contributed by atoms with van der Waals surface area (Å²) in [5.41, 5.74) is 5.60. The van der Waals surface area contributed by atoms with Gasteiger partial charge in [-0.05, 0) is 18.9 Å². The summed E-state index contributed by atoms with van der Waals surface area (Å²) in [5, 5.41) is 16.6. The third-order valence-corrected chi connectivity index (χ3v) is 4.12. The second kappa shape index (κ2) is 8.97. The molecule has 0 spiro atoms. The summed E-state index contributed by atoms with van der Waals surface area (Å²) < 4.78 is 0.